The zero-order valence-corrected chi connectivity index (χ0v) is 16.7. The number of ether oxygens (including phenoxy) is 1. The van der Waals surface area contributed by atoms with Crippen LogP contribution in [-0.2, 0) is 6.42 Å². The van der Waals surface area contributed by atoms with Crippen LogP contribution < -0.4 is 4.74 Å². The molecule has 0 N–H and O–H groups in total. The number of fused-ring (bicyclic) bond motifs is 1. The molecule has 1 fully saturated rings. The Morgan fingerprint density at radius 2 is 1.73 bits per heavy atom. The maximum absolute atomic E-state index is 13.5. The molecule has 0 atom stereocenters. The van der Waals surface area contributed by atoms with Crippen LogP contribution in [0.3, 0.4) is 0 Å². The van der Waals surface area contributed by atoms with Gasteiger partial charge in [0.25, 0.3) is 0 Å². The van der Waals surface area contributed by atoms with E-state index in [0.717, 1.165) is 48.6 Å². The van der Waals surface area contributed by atoms with Crippen molar-refractivity contribution >= 4 is 16.6 Å². The van der Waals surface area contributed by atoms with Crippen LogP contribution in [0.2, 0.25) is 0 Å². The second-order valence-electron chi connectivity index (χ2n) is 7.64. The molecule has 4 nitrogen and oxygen atoms in total. The number of Topliss-reactive ketones (excluding diaryl/α,β-unsaturated/α-hetero) is 1. The van der Waals surface area contributed by atoms with Gasteiger partial charge >= 0.3 is 0 Å². The third-order valence-corrected chi connectivity index (χ3v) is 5.41. The lowest BCUT2D eigenvalue weighted by Gasteiger charge is -2.26. The summed E-state index contributed by atoms with van der Waals surface area (Å²) in [5.41, 5.74) is 0.533. The zero-order chi connectivity index (χ0) is 20.9. The van der Waals surface area contributed by atoms with Gasteiger partial charge in [-0.2, -0.15) is 0 Å². The lowest BCUT2D eigenvalue weighted by atomic mass is 10.0. The number of carbonyl (C=O) groups is 1. The van der Waals surface area contributed by atoms with E-state index < -0.39 is 17.4 Å². The Morgan fingerprint density at radius 1 is 1.00 bits per heavy atom. The molecule has 0 aliphatic carbocycles. The van der Waals surface area contributed by atoms with Crippen LogP contribution in [-0.4, -0.2) is 41.9 Å². The summed E-state index contributed by atoms with van der Waals surface area (Å²) in [5, 5.41) is 1.74. The summed E-state index contributed by atoms with van der Waals surface area (Å²) >= 11 is 0. The highest BCUT2D eigenvalue weighted by atomic mass is 19.1. The molecule has 0 bridgehead atoms. The average Bonchev–Trinajstić information content (AvgIpc) is 2.74. The number of aromatic nitrogens is 1. The average molecular weight is 410 g/mol. The highest BCUT2D eigenvalue weighted by molar-refractivity contribution is 5.99. The van der Waals surface area contributed by atoms with Crippen molar-refractivity contribution in [1.29, 1.82) is 0 Å². The van der Waals surface area contributed by atoms with Gasteiger partial charge in [0.2, 0.25) is 5.88 Å². The predicted octanol–water partition coefficient (Wildman–Crippen LogP) is 4.80. The molecule has 30 heavy (non-hydrogen) atoms. The number of ketones is 1. The Bertz CT molecular complexity index is 1030. The minimum atomic E-state index is -0.772. The van der Waals surface area contributed by atoms with Crippen molar-refractivity contribution in [3.8, 4) is 5.88 Å². The number of benzene rings is 2. The standard InChI is InChI=1S/C24H24F2N2O2/c25-19-12-18(13-20(26)15-19)23(29)16-22-21-7-3-2-6-17(21)14-24(27-22)30-11-10-28-8-4-1-5-9-28/h2-3,6-7,12-15H,1,4-5,8-11,16H2. The minimum absolute atomic E-state index is 0.00481. The lowest BCUT2D eigenvalue weighted by Crippen LogP contribution is -2.33. The molecule has 1 saturated heterocycles. The van der Waals surface area contributed by atoms with E-state index in [2.05, 4.69) is 9.88 Å². The highest BCUT2D eigenvalue weighted by Gasteiger charge is 2.15. The van der Waals surface area contributed by atoms with Crippen LogP contribution in [0.25, 0.3) is 10.8 Å². The van der Waals surface area contributed by atoms with Crippen molar-refractivity contribution in [2.24, 2.45) is 0 Å². The Morgan fingerprint density at radius 3 is 2.50 bits per heavy atom. The van der Waals surface area contributed by atoms with E-state index in [-0.39, 0.29) is 12.0 Å². The fraction of sp³-hybridized carbons (Fsp3) is 0.333. The van der Waals surface area contributed by atoms with E-state index in [9.17, 15) is 13.6 Å². The summed E-state index contributed by atoms with van der Waals surface area (Å²) in [4.78, 5) is 19.6. The third kappa shape index (κ3) is 5.00. The van der Waals surface area contributed by atoms with Crippen molar-refractivity contribution in [2.45, 2.75) is 25.7 Å². The van der Waals surface area contributed by atoms with E-state index in [0.29, 0.717) is 18.2 Å². The number of rotatable bonds is 7. The van der Waals surface area contributed by atoms with E-state index >= 15 is 0 Å². The van der Waals surface area contributed by atoms with Crippen molar-refractivity contribution in [1.82, 2.24) is 9.88 Å². The topological polar surface area (TPSA) is 42.4 Å². The quantitative estimate of drug-likeness (QED) is 0.525. The third-order valence-electron chi connectivity index (χ3n) is 5.41. The molecular formula is C24H24F2N2O2. The SMILES string of the molecule is O=C(Cc1nc(OCCN2CCCCC2)cc2ccccc12)c1cc(F)cc(F)c1. The van der Waals surface area contributed by atoms with Crippen molar-refractivity contribution in [2.75, 3.05) is 26.2 Å². The van der Waals surface area contributed by atoms with Crippen LogP contribution in [0.4, 0.5) is 8.78 Å². The summed E-state index contributed by atoms with van der Waals surface area (Å²) in [6.45, 7) is 3.55. The van der Waals surface area contributed by atoms with Gasteiger partial charge in [-0.05, 0) is 43.5 Å². The Labute approximate surface area is 174 Å². The number of nitrogens with zero attached hydrogens (tertiary/aromatic N) is 2. The lowest BCUT2D eigenvalue weighted by molar-refractivity contribution is 0.0991. The van der Waals surface area contributed by atoms with Crippen LogP contribution in [0.1, 0.15) is 35.3 Å². The second-order valence-corrected chi connectivity index (χ2v) is 7.64. The van der Waals surface area contributed by atoms with E-state index in [1.165, 1.54) is 19.3 Å². The van der Waals surface area contributed by atoms with Gasteiger partial charge in [0.15, 0.2) is 5.78 Å². The van der Waals surface area contributed by atoms with Crippen LogP contribution in [0, 0.1) is 11.6 Å². The number of pyridine rings is 1. The van der Waals surface area contributed by atoms with Crippen molar-refractivity contribution in [3.63, 3.8) is 0 Å². The van der Waals surface area contributed by atoms with E-state index in [4.69, 9.17) is 4.74 Å². The molecule has 6 heteroatoms. The summed E-state index contributed by atoms with van der Waals surface area (Å²) in [6, 6.07) is 12.3. The molecule has 0 spiro atoms. The first-order valence-electron chi connectivity index (χ1n) is 10.3. The van der Waals surface area contributed by atoms with E-state index in [1.54, 1.807) is 0 Å². The summed E-state index contributed by atoms with van der Waals surface area (Å²) < 4.78 is 32.9. The molecule has 0 saturated carbocycles. The van der Waals surface area contributed by atoms with E-state index in [1.807, 2.05) is 30.3 Å². The van der Waals surface area contributed by atoms with Gasteiger partial charge < -0.3 is 4.74 Å². The molecule has 3 aromatic rings. The van der Waals surface area contributed by atoms with Gasteiger partial charge in [-0.25, -0.2) is 13.8 Å². The number of halogens is 2. The zero-order valence-electron chi connectivity index (χ0n) is 16.7. The molecule has 2 heterocycles. The molecule has 0 amide bonds. The van der Waals surface area contributed by atoms with Crippen LogP contribution >= 0.6 is 0 Å². The Balaban J connectivity index is 1.53. The smallest absolute Gasteiger partial charge is 0.214 e. The maximum atomic E-state index is 13.5. The molecule has 4 rings (SSSR count). The predicted molar refractivity (Wildman–Crippen MR) is 112 cm³/mol. The van der Waals surface area contributed by atoms with Crippen molar-refractivity contribution < 1.29 is 18.3 Å². The number of carbonyl (C=O) groups excluding carboxylic acids is 1. The molecule has 0 unspecified atom stereocenters. The van der Waals surface area contributed by atoms with Crippen LogP contribution in [0.5, 0.6) is 5.88 Å². The molecule has 1 aliphatic rings. The Kier molecular flexibility index (Phi) is 6.33. The van der Waals surface area contributed by atoms with Crippen molar-refractivity contribution in [3.05, 3.63) is 71.4 Å². The molecule has 1 aliphatic heterocycles. The minimum Gasteiger partial charge on any atom is -0.476 e. The normalized spacial score (nSPS) is 14.7. The maximum Gasteiger partial charge on any atom is 0.214 e. The fourth-order valence-corrected chi connectivity index (χ4v) is 3.88. The van der Waals surface area contributed by atoms with Gasteiger partial charge in [0.1, 0.15) is 18.2 Å². The van der Waals surface area contributed by atoms with Gasteiger partial charge in [-0.1, -0.05) is 30.7 Å². The molecule has 0 radical (unpaired) electrons. The molecular weight excluding hydrogens is 386 g/mol. The number of hydrogen-bond acceptors (Lipinski definition) is 4. The number of hydrogen-bond donors (Lipinski definition) is 0. The highest BCUT2D eigenvalue weighted by Crippen LogP contribution is 2.24. The van der Waals surface area contributed by atoms with Gasteiger partial charge in [-0.15, -0.1) is 0 Å². The molecule has 1 aromatic heterocycles. The number of likely N-dealkylation sites (tertiary alicyclic amines) is 1. The van der Waals surface area contributed by atoms with Gasteiger partial charge in [0, 0.05) is 29.6 Å². The van der Waals surface area contributed by atoms with Crippen LogP contribution in [0.15, 0.2) is 48.5 Å². The first kappa shape index (κ1) is 20.4. The number of piperidine rings is 1. The van der Waals surface area contributed by atoms with Gasteiger partial charge in [-0.3, -0.25) is 9.69 Å². The fourth-order valence-electron chi connectivity index (χ4n) is 3.88. The first-order chi connectivity index (χ1) is 14.6. The summed E-state index contributed by atoms with van der Waals surface area (Å²) in [5.74, 6) is -1.48. The van der Waals surface area contributed by atoms with Gasteiger partial charge in [0.05, 0.1) is 12.1 Å². The largest absolute Gasteiger partial charge is 0.476 e. The summed E-state index contributed by atoms with van der Waals surface area (Å²) in [7, 11) is 0. The summed E-state index contributed by atoms with van der Waals surface area (Å²) in [6.07, 6.45) is 3.67. The molecule has 2 aromatic carbocycles. The first-order valence-corrected chi connectivity index (χ1v) is 10.3. The molecule has 156 valence electrons. The second kappa shape index (κ2) is 9.30. The Hall–Kier alpha value is -2.86. The monoisotopic (exact) mass is 410 g/mol.